The molecule has 0 aromatic heterocycles. The van der Waals surface area contributed by atoms with Crippen LogP contribution < -0.4 is 5.32 Å². The first kappa shape index (κ1) is 13.1. The molecule has 104 valence electrons. The van der Waals surface area contributed by atoms with Crippen molar-refractivity contribution in [1.82, 2.24) is 10.2 Å². The molecular formula is C17H26N2. The predicted octanol–water partition coefficient (Wildman–Crippen LogP) is 3.18. The van der Waals surface area contributed by atoms with Gasteiger partial charge in [-0.25, -0.2) is 0 Å². The fourth-order valence-electron chi connectivity index (χ4n) is 3.56. The Bertz CT molecular complexity index is 386. The van der Waals surface area contributed by atoms with Crippen LogP contribution >= 0.6 is 0 Å². The highest BCUT2D eigenvalue weighted by atomic mass is 15.2. The lowest BCUT2D eigenvalue weighted by Crippen LogP contribution is -2.51. The molecule has 2 heteroatoms. The van der Waals surface area contributed by atoms with Crippen LogP contribution in [-0.4, -0.2) is 30.1 Å². The van der Waals surface area contributed by atoms with Crippen LogP contribution in [0.3, 0.4) is 0 Å². The molecule has 0 aliphatic heterocycles. The first-order chi connectivity index (χ1) is 9.38. The third-order valence-electron chi connectivity index (χ3n) is 4.75. The predicted molar refractivity (Wildman–Crippen MR) is 80.1 cm³/mol. The van der Waals surface area contributed by atoms with Gasteiger partial charge in [0, 0.05) is 24.7 Å². The molecule has 2 nitrogen and oxygen atoms in total. The molecule has 2 atom stereocenters. The van der Waals surface area contributed by atoms with Gasteiger partial charge in [0.1, 0.15) is 0 Å². The number of hydrogen-bond donors (Lipinski definition) is 1. The lowest BCUT2D eigenvalue weighted by molar-refractivity contribution is 0.109. The SMILES string of the molecule is CN[C@@H]1CCCC[C@H]1N(Cc1ccccc1)C1CC1. The van der Waals surface area contributed by atoms with E-state index in [9.17, 15) is 0 Å². The number of likely N-dealkylation sites (N-methyl/N-ethyl adjacent to an activating group) is 1. The molecule has 0 saturated heterocycles. The van der Waals surface area contributed by atoms with Crippen molar-refractivity contribution in [3.05, 3.63) is 35.9 Å². The van der Waals surface area contributed by atoms with Gasteiger partial charge in [0.2, 0.25) is 0 Å². The Balaban J connectivity index is 1.73. The van der Waals surface area contributed by atoms with Crippen molar-refractivity contribution in [3.63, 3.8) is 0 Å². The molecule has 1 N–H and O–H groups in total. The minimum Gasteiger partial charge on any atom is -0.315 e. The Hall–Kier alpha value is -0.860. The Morgan fingerprint density at radius 1 is 1.05 bits per heavy atom. The lowest BCUT2D eigenvalue weighted by atomic mass is 9.88. The molecule has 19 heavy (non-hydrogen) atoms. The van der Waals surface area contributed by atoms with E-state index >= 15 is 0 Å². The topological polar surface area (TPSA) is 15.3 Å². The zero-order valence-electron chi connectivity index (χ0n) is 12.0. The van der Waals surface area contributed by atoms with Crippen LogP contribution in [0.25, 0.3) is 0 Å². The summed E-state index contributed by atoms with van der Waals surface area (Å²) in [5, 5.41) is 3.56. The average molecular weight is 258 g/mol. The maximum absolute atomic E-state index is 3.56. The van der Waals surface area contributed by atoms with E-state index in [2.05, 4.69) is 47.6 Å². The van der Waals surface area contributed by atoms with Gasteiger partial charge < -0.3 is 5.32 Å². The van der Waals surface area contributed by atoms with Crippen LogP contribution in [0.4, 0.5) is 0 Å². The minimum atomic E-state index is 0.693. The van der Waals surface area contributed by atoms with Gasteiger partial charge in [-0.1, -0.05) is 43.2 Å². The summed E-state index contributed by atoms with van der Waals surface area (Å²) in [5.41, 5.74) is 1.47. The lowest BCUT2D eigenvalue weighted by Gasteiger charge is -2.40. The van der Waals surface area contributed by atoms with Crippen LogP contribution in [0.15, 0.2) is 30.3 Å². The summed E-state index contributed by atoms with van der Waals surface area (Å²) in [4.78, 5) is 2.79. The summed E-state index contributed by atoms with van der Waals surface area (Å²) >= 11 is 0. The molecule has 0 amide bonds. The number of hydrogen-bond acceptors (Lipinski definition) is 2. The summed E-state index contributed by atoms with van der Waals surface area (Å²) in [6.07, 6.45) is 8.32. The third kappa shape index (κ3) is 3.18. The van der Waals surface area contributed by atoms with Crippen LogP contribution in [0.5, 0.6) is 0 Å². The summed E-state index contributed by atoms with van der Waals surface area (Å²) < 4.78 is 0. The fourth-order valence-corrected chi connectivity index (χ4v) is 3.56. The highest BCUT2D eigenvalue weighted by Crippen LogP contribution is 2.35. The van der Waals surface area contributed by atoms with Gasteiger partial charge in [0.15, 0.2) is 0 Å². The molecule has 2 fully saturated rings. The van der Waals surface area contributed by atoms with Gasteiger partial charge in [-0.05, 0) is 38.3 Å². The van der Waals surface area contributed by atoms with Crippen molar-refractivity contribution in [2.45, 2.75) is 63.2 Å². The van der Waals surface area contributed by atoms with Crippen molar-refractivity contribution in [2.24, 2.45) is 0 Å². The average Bonchev–Trinajstić information content (AvgIpc) is 3.30. The van der Waals surface area contributed by atoms with Crippen LogP contribution in [0.1, 0.15) is 44.1 Å². The maximum Gasteiger partial charge on any atom is 0.0255 e. The van der Waals surface area contributed by atoms with Crippen LogP contribution in [-0.2, 0) is 6.54 Å². The van der Waals surface area contributed by atoms with Gasteiger partial charge >= 0.3 is 0 Å². The summed E-state index contributed by atoms with van der Waals surface area (Å²) in [6, 6.07) is 13.3. The Morgan fingerprint density at radius 2 is 1.79 bits per heavy atom. The summed E-state index contributed by atoms with van der Waals surface area (Å²) in [5.74, 6) is 0. The number of rotatable bonds is 5. The van der Waals surface area contributed by atoms with E-state index in [0.717, 1.165) is 18.6 Å². The summed E-state index contributed by atoms with van der Waals surface area (Å²) in [6.45, 7) is 1.13. The van der Waals surface area contributed by atoms with Gasteiger partial charge in [0.25, 0.3) is 0 Å². The summed E-state index contributed by atoms with van der Waals surface area (Å²) in [7, 11) is 2.14. The molecule has 0 unspecified atom stereocenters. The van der Waals surface area contributed by atoms with E-state index in [1.54, 1.807) is 0 Å². The minimum absolute atomic E-state index is 0.693. The van der Waals surface area contributed by atoms with E-state index in [1.165, 1.54) is 44.1 Å². The molecule has 3 rings (SSSR count). The maximum atomic E-state index is 3.56. The molecule has 0 radical (unpaired) electrons. The molecule has 1 aromatic carbocycles. The normalized spacial score (nSPS) is 27.7. The molecule has 2 aliphatic rings. The highest BCUT2D eigenvalue weighted by molar-refractivity contribution is 5.15. The first-order valence-electron chi connectivity index (χ1n) is 7.85. The van der Waals surface area contributed by atoms with Crippen LogP contribution in [0, 0.1) is 0 Å². The fraction of sp³-hybridized carbons (Fsp3) is 0.647. The van der Waals surface area contributed by atoms with Crippen molar-refractivity contribution in [2.75, 3.05) is 7.05 Å². The molecular weight excluding hydrogens is 232 g/mol. The van der Waals surface area contributed by atoms with Crippen molar-refractivity contribution in [1.29, 1.82) is 0 Å². The molecule has 0 spiro atoms. The Morgan fingerprint density at radius 3 is 2.47 bits per heavy atom. The zero-order chi connectivity index (χ0) is 13.1. The molecule has 2 aliphatic carbocycles. The second-order valence-electron chi connectivity index (χ2n) is 6.14. The monoisotopic (exact) mass is 258 g/mol. The van der Waals surface area contributed by atoms with Gasteiger partial charge in [-0.15, -0.1) is 0 Å². The molecule has 0 bridgehead atoms. The number of nitrogens with one attached hydrogen (secondary N) is 1. The van der Waals surface area contributed by atoms with Crippen molar-refractivity contribution in [3.8, 4) is 0 Å². The Labute approximate surface area is 117 Å². The van der Waals surface area contributed by atoms with Gasteiger partial charge in [-0.2, -0.15) is 0 Å². The van der Waals surface area contributed by atoms with Crippen molar-refractivity contribution >= 4 is 0 Å². The van der Waals surface area contributed by atoms with E-state index < -0.39 is 0 Å². The molecule has 1 aromatic rings. The number of benzene rings is 1. The van der Waals surface area contributed by atoms with E-state index in [0.29, 0.717) is 6.04 Å². The molecule has 0 heterocycles. The van der Waals surface area contributed by atoms with E-state index in [4.69, 9.17) is 0 Å². The quantitative estimate of drug-likeness (QED) is 0.872. The highest BCUT2D eigenvalue weighted by Gasteiger charge is 2.37. The van der Waals surface area contributed by atoms with Gasteiger partial charge in [0.05, 0.1) is 0 Å². The largest absolute Gasteiger partial charge is 0.315 e. The Kier molecular flexibility index (Phi) is 4.19. The first-order valence-corrected chi connectivity index (χ1v) is 7.85. The second kappa shape index (κ2) is 6.06. The van der Waals surface area contributed by atoms with Crippen molar-refractivity contribution < 1.29 is 0 Å². The molecule has 2 saturated carbocycles. The second-order valence-corrected chi connectivity index (χ2v) is 6.14. The van der Waals surface area contributed by atoms with E-state index in [-0.39, 0.29) is 0 Å². The standard InChI is InChI=1S/C17H26N2/c1-18-16-9-5-6-10-17(16)19(15-11-12-15)13-14-7-3-2-4-8-14/h2-4,7-8,15-18H,5-6,9-13H2,1H3/t16-,17-/m1/s1. The van der Waals surface area contributed by atoms with E-state index in [1.807, 2.05) is 0 Å². The zero-order valence-corrected chi connectivity index (χ0v) is 12.0. The third-order valence-corrected chi connectivity index (χ3v) is 4.75. The van der Waals surface area contributed by atoms with Gasteiger partial charge in [-0.3, -0.25) is 4.90 Å². The smallest absolute Gasteiger partial charge is 0.0255 e. The van der Waals surface area contributed by atoms with Crippen LogP contribution in [0.2, 0.25) is 0 Å². The number of nitrogens with zero attached hydrogens (tertiary/aromatic N) is 1.